The van der Waals surface area contributed by atoms with Crippen LogP contribution in [0, 0.1) is 5.92 Å². The fourth-order valence-electron chi connectivity index (χ4n) is 3.61. The molecule has 1 amide bonds. The summed E-state index contributed by atoms with van der Waals surface area (Å²) in [5.41, 5.74) is 0. The van der Waals surface area contributed by atoms with Gasteiger partial charge in [0.2, 0.25) is 5.91 Å². The number of likely N-dealkylation sites (tertiary alicyclic amines) is 1. The van der Waals surface area contributed by atoms with E-state index in [9.17, 15) is 4.79 Å². The summed E-state index contributed by atoms with van der Waals surface area (Å²) in [6.07, 6.45) is 2.12. The maximum Gasteiger partial charge on any atom is 0.230 e. The second-order valence-electron chi connectivity index (χ2n) is 6.54. The van der Waals surface area contributed by atoms with Crippen LogP contribution in [0.1, 0.15) is 10.6 Å². The molecule has 2 aromatic rings. The molecule has 0 unspecified atom stereocenters. The highest BCUT2D eigenvalue weighted by Crippen LogP contribution is 2.25. The predicted octanol–water partition coefficient (Wildman–Crippen LogP) is 2.24. The van der Waals surface area contributed by atoms with Crippen molar-refractivity contribution in [2.75, 3.05) is 32.8 Å². The molecule has 4 rings (SSSR count). The molecule has 0 aromatic carbocycles. The lowest BCUT2D eigenvalue weighted by Crippen LogP contribution is -2.34. The molecular formula is C18H22N2O3S. The van der Waals surface area contributed by atoms with E-state index < -0.39 is 0 Å². The predicted molar refractivity (Wildman–Crippen MR) is 91.8 cm³/mol. The molecule has 128 valence electrons. The topological polar surface area (TPSA) is 45.9 Å². The molecule has 0 bridgehead atoms. The Hall–Kier alpha value is -1.63. The van der Waals surface area contributed by atoms with Crippen molar-refractivity contribution in [3.05, 3.63) is 46.5 Å². The van der Waals surface area contributed by atoms with Gasteiger partial charge >= 0.3 is 0 Å². The number of ether oxygens (including phenoxy) is 1. The minimum Gasteiger partial charge on any atom is -0.469 e. The number of hydrogen-bond acceptors (Lipinski definition) is 5. The van der Waals surface area contributed by atoms with Crippen LogP contribution in [0.2, 0.25) is 0 Å². The molecule has 2 fully saturated rings. The van der Waals surface area contributed by atoms with Crippen LogP contribution in [0.3, 0.4) is 0 Å². The smallest absolute Gasteiger partial charge is 0.230 e. The van der Waals surface area contributed by atoms with Crippen molar-refractivity contribution in [1.29, 1.82) is 0 Å². The van der Waals surface area contributed by atoms with E-state index >= 15 is 0 Å². The molecule has 0 N–H and O–H groups in total. The molecule has 0 aliphatic carbocycles. The first-order chi connectivity index (χ1) is 11.8. The minimum atomic E-state index is 0.131. The molecule has 5 nitrogen and oxygen atoms in total. The molecular weight excluding hydrogens is 324 g/mol. The zero-order valence-electron chi connectivity index (χ0n) is 13.6. The van der Waals surface area contributed by atoms with E-state index in [0.717, 1.165) is 38.5 Å². The van der Waals surface area contributed by atoms with Gasteiger partial charge in [-0.2, -0.15) is 0 Å². The molecule has 2 aromatic heterocycles. The Morgan fingerprint density at radius 3 is 3.00 bits per heavy atom. The molecule has 0 saturated carbocycles. The van der Waals surface area contributed by atoms with Gasteiger partial charge in [-0.1, -0.05) is 6.07 Å². The number of nitrogens with zero attached hydrogens (tertiary/aromatic N) is 2. The van der Waals surface area contributed by atoms with Crippen molar-refractivity contribution in [1.82, 2.24) is 9.80 Å². The lowest BCUT2D eigenvalue weighted by molar-refractivity contribution is -0.130. The highest BCUT2D eigenvalue weighted by atomic mass is 32.1. The van der Waals surface area contributed by atoms with Crippen molar-refractivity contribution >= 4 is 17.2 Å². The third-order valence-corrected chi connectivity index (χ3v) is 5.69. The van der Waals surface area contributed by atoms with E-state index in [1.165, 1.54) is 4.88 Å². The molecule has 4 heterocycles. The summed E-state index contributed by atoms with van der Waals surface area (Å²) in [6, 6.07) is 7.96. The first-order valence-corrected chi connectivity index (χ1v) is 9.32. The zero-order chi connectivity index (χ0) is 16.4. The highest BCUT2D eigenvalue weighted by Gasteiger charge is 2.38. The SMILES string of the molecule is O=C(Cc1ccco1)N1C[C@@H]2CN(Cc3cccs3)CCO[C@@H]2C1. The van der Waals surface area contributed by atoms with Crippen LogP contribution in [0.15, 0.2) is 40.3 Å². The molecule has 0 radical (unpaired) electrons. The van der Waals surface area contributed by atoms with Gasteiger partial charge in [-0.3, -0.25) is 9.69 Å². The Balaban J connectivity index is 1.36. The summed E-state index contributed by atoms with van der Waals surface area (Å²) < 4.78 is 11.3. The Labute approximate surface area is 145 Å². The average Bonchev–Trinajstić information content (AvgIpc) is 3.29. The van der Waals surface area contributed by atoms with E-state index in [0.29, 0.717) is 18.9 Å². The second kappa shape index (κ2) is 7.09. The molecule has 0 spiro atoms. The molecule has 2 saturated heterocycles. The highest BCUT2D eigenvalue weighted by molar-refractivity contribution is 7.09. The summed E-state index contributed by atoms with van der Waals surface area (Å²) in [5, 5.41) is 2.12. The van der Waals surface area contributed by atoms with Crippen LogP contribution >= 0.6 is 11.3 Å². The average molecular weight is 346 g/mol. The Kier molecular flexibility index (Phi) is 4.69. The maximum absolute atomic E-state index is 12.5. The number of hydrogen-bond donors (Lipinski definition) is 0. The normalized spacial score (nSPS) is 24.8. The molecule has 24 heavy (non-hydrogen) atoms. The second-order valence-corrected chi connectivity index (χ2v) is 7.57. The number of fused-ring (bicyclic) bond motifs is 1. The number of rotatable bonds is 4. The van der Waals surface area contributed by atoms with E-state index in [2.05, 4.69) is 22.4 Å². The van der Waals surface area contributed by atoms with Gasteiger partial charge in [0.25, 0.3) is 0 Å². The van der Waals surface area contributed by atoms with Gasteiger partial charge in [0.05, 0.1) is 25.4 Å². The van der Waals surface area contributed by atoms with Crippen LogP contribution in [0.25, 0.3) is 0 Å². The van der Waals surface area contributed by atoms with Gasteiger partial charge in [0.1, 0.15) is 5.76 Å². The number of amides is 1. The van der Waals surface area contributed by atoms with Crippen molar-refractivity contribution in [2.45, 2.75) is 19.1 Å². The first kappa shape index (κ1) is 15.9. The van der Waals surface area contributed by atoms with Crippen molar-refractivity contribution in [2.24, 2.45) is 5.92 Å². The lowest BCUT2D eigenvalue weighted by Gasteiger charge is -2.22. The quantitative estimate of drug-likeness (QED) is 0.852. The van der Waals surface area contributed by atoms with Gasteiger partial charge in [0.15, 0.2) is 0 Å². The summed E-state index contributed by atoms with van der Waals surface area (Å²) in [6.45, 7) is 5.16. The standard InChI is InChI=1S/C18H22N2O3S/c21-18(9-15-3-1-6-22-15)20-11-14-10-19(5-7-23-17(14)13-20)12-16-4-2-8-24-16/h1-4,6,8,14,17H,5,7,9-13H2/t14-,17+/m0/s1. The van der Waals surface area contributed by atoms with Crippen molar-refractivity contribution in [3.8, 4) is 0 Å². The van der Waals surface area contributed by atoms with Gasteiger partial charge in [0, 0.05) is 43.5 Å². The molecule has 6 heteroatoms. The first-order valence-electron chi connectivity index (χ1n) is 8.44. The van der Waals surface area contributed by atoms with E-state index in [1.807, 2.05) is 17.0 Å². The third-order valence-electron chi connectivity index (χ3n) is 4.83. The maximum atomic E-state index is 12.5. The molecule has 2 aliphatic heterocycles. The van der Waals surface area contributed by atoms with Crippen molar-refractivity contribution in [3.63, 3.8) is 0 Å². The van der Waals surface area contributed by atoms with E-state index in [-0.39, 0.29) is 12.0 Å². The summed E-state index contributed by atoms with van der Waals surface area (Å²) in [4.78, 5) is 18.3. The van der Waals surface area contributed by atoms with Gasteiger partial charge in [-0.05, 0) is 23.6 Å². The minimum absolute atomic E-state index is 0.131. The van der Waals surface area contributed by atoms with Crippen molar-refractivity contribution < 1.29 is 13.9 Å². The zero-order valence-corrected chi connectivity index (χ0v) is 14.4. The number of thiophene rings is 1. The third kappa shape index (κ3) is 3.55. The van der Waals surface area contributed by atoms with Crippen LogP contribution in [0.4, 0.5) is 0 Å². The largest absolute Gasteiger partial charge is 0.469 e. The Morgan fingerprint density at radius 1 is 1.25 bits per heavy atom. The fraction of sp³-hybridized carbons (Fsp3) is 0.500. The van der Waals surface area contributed by atoms with Gasteiger partial charge in [-0.15, -0.1) is 11.3 Å². The van der Waals surface area contributed by atoms with Gasteiger partial charge < -0.3 is 14.1 Å². The number of carbonyl (C=O) groups is 1. The number of furan rings is 1. The van der Waals surface area contributed by atoms with E-state index in [4.69, 9.17) is 9.15 Å². The van der Waals surface area contributed by atoms with Gasteiger partial charge in [-0.25, -0.2) is 0 Å². The van der Waals surface area contributed by atoms with Crippen LogP contribution < -0.4 is 0 Å². The number of carbonyl (C=O) groups excluding carboxylic acids is 1. The Bertz CT molecular complexity index is 656. The fourth-order valence-corrected chi connectivity index (χ4v) is 4.35. The summed E-state index contributed by atoms with van der Waals surface area (Å²) >= 11 is 1.80. The molecule has 2 aliphatic rings. The van der Waals surface area contributed by atoms with Crippen LogP contribution in [0.5, 0.6) is 0 Å². The lowest BCUT2D eigenvalue weighted by atomic mass is 10.1. The summed E-state index contributed by atoms with van der Waals surface area (Å²) in [5.74, 6) is 1.26. The van der Waals surface area contributed by atoms with E-state index in [1.54, 1.807) is 17.6 Å². The van der Waals surface area contributed by atoms with Crippen LogP contribution in [-0.2, 0) is 22.5 Å². The Morgan fingerprint density at radius 2 is 2.21 bits per heavy atom. The monoisotopic (exact) mass is 346 g/mol. The molecule has 2 atom stereocenters. The summed E-state index contributed by atoms with van der Waals surface area (Å²) in [7, 11) is 0. The van der Waals surface area contributed by atoms with Crippen LogP contribution in [-0.4, -0.2) is 54.6 Å².